The first-order valence-electron chi connectivity index (χ1n) is 7.86. The lowest BCUT2D eigenvalue weighted by Crippen LogP contribution is -2.13. The third kappa shape index (κ3) is 4.15. The minimum atomic E-state index is -0.812. The van der Waals surface area contributed by atoms with E-state index in [1.54, 1.807) is 31.2 Å². The van der Waals surface area contributed by atoms with Crippen LogP contribution >= 0.6 is 22.9 Å². The summed E-state index contributed by atoms with van der Waals surface area (Å²) in [6.45, 7) is 1.70. The molecule has 2 aromatic carbocycles. The van der Waals surface area contributed by atoms with Gasteiger partial charge in [0.1, 0.15) is 0 Å². The highest BCUT2D eigenvalue weighted by atomic mass is 35.5. The summed E-state index contributed by atoms with van der Waals surface area (Å²) in [5.41, 5.74) is 0.488. The molecule has 0 spiro atoms. The molecule has 0 unspecified atom stereocenters. The number of ketones is 1. The molecule has 1 heterocycles. The zero-order valence-electron chi connectivity index (χ0n) is 13.9. The number of rotatable bonds is 6. The van der Waals surface area contributed by atoms with Crippen LogP contribution in [0.1, 0.15) is 17.3 Å². The second kappa shape index (κ2) is 8.21. The van der Waals surface area contributed by atoms with Gasteiger partial charge in [0, 0.05) is 20.7 Å². The van der Waals surface area contributed by atoms with E-state index in [-0.39, 0.29) is 24.1 Å². The summed E-state index contributed by atoms with van der Waals surface area (Å²) < 4.78 is 16.6. The second-order valence-corrected chi connectivity index (χ2v) is 6.67. The number of carbonyl (C=O) groups is 2. The molecule has 26 heavy (non-hydrogen) atoms. The number of carbonyl (C=O) groups excluding carboxylic acids is 2. The van der Waals surface area contributed by atoms with E-state index in [0.29, 0.717) is 16.3 Å². The Morgan fingerprint density at radius 3 is 2.54 bits per heavy atom. The normalized spacial score (nSPS) is 10.5. The van der Waals surface area contributed by atoms with Gasteiger partial charge >= 0.3 is 6.16 Å². The fourth-order valence-corrected chi connectivity index (χ4v) is 3.40. The van der Waals surface area contributed by atoms with E-state index in [2.05, 4.69) is 0 Å². The van der Waals surface area contributed by atoms with Crippen molar-refractivity contribution in [2.24, 2.45) is 0 Å². The Labute approximate surface area is 159 Å². The van der Waals surface area contributed by atoms with Crippen LogP contribution in [0.2, 0.25) is 5.02 Å². The standard InChI is InChI=1S/C19H15ClO5S/c1-2-23-19(22)25-18-17(14-5-3-4-6-16(14)26-18)24-11-15(21)12-7-9-13(20)10-8-12/h3-10H,2,11H2,1H3. The van der Waals surface area contributed by atoms with Crippen molar-refractivity contribution in [3.63, 3.8) is 0 Å². The molecule has 0 aliphatic heterocycles. The van der Waals surface area contributed by atoms with Crippen LogP contribution in [0.3, 0.4) is 0 Å². The van der Waals surface area contributed by atoms with Crippen molar-refractivity contribution >= 4 is 45.0 Å². The van der Waals surface area contributed by atoms with Crippen molar-refractivity contribution in [1.82, 2.24) is 0 Å². The van der Waals surface area contributed by atoms with Crippen LogP contribution in [0.15, 0.2) is 48.5 Å². The maximum Gasteiger partial charge on any atom is 0.514 e. The van der Waals surface area contributed by atoms with E-state index in [1.165, 1.54) is 11.3 Å². The number of thiophene rings is 1. The van der Waals surface area contributed by atoms with E-state index in [4.69, 9.17) is 25.8 Å². The third-order valence-corrected chi connectivity index (χ3v) is 4.75. The largest absolute Gasteiger partial charge is 0.514 e. The highest BCUT2D eigenvalue weighted by Gasteiger charge is 2.19. The summed E-state index contributed by atoms with van der Waals surface area (Å²) in [5.74, 6) is 0.139. The van der Waals surface area contributed by atoms with Crippen molar-refractivity contribution in [2.45, 2.75) is 6.92 Å². The van der Waals surface area contributed by atoms with E-state index < -0.39 is 6.16 Å². The maximum atomic E-state index is 12.3. The Bertz CT molecular complexity index is 933. The van der Waals surface area contributed by atoms with Crippen LogP contribution < -0.4 is 9.47 Å². The number of fused-ring (bicyclic) bond motifs is 1. The number of Topliss-reactive ketones (excluding diaryl/α,β-unsaturated/α-hetero) is 1. The van der Waals surface area contributed by atoms with E-state index in [0.717, 1.165) is 10.1 Å². The quantitative estimate of drug-likeness (QED) is 0.419. The second-order valence-electron chi connectivity index (χ2n) is 5.22. The zero-order valence-corrected chi connectivity index (χ0v) is 15.4. The van der Waals surface area contributed by atoms with Crippen molar-refractivity contribution in [3.8, 4) is 10.8 Å². The average molecular weight is 391 g/mol. The summed E-state index contributed by atoms with van der Waals surface area (Å²) in [7, 11) is 0. The van der Waals surface area contributed by atoms with E-state index in [9.17, 15) is 9.59 Å². The van der Waals surface area contributed by atoms with Gasteiger partial charge in [-0.25, -0.2) is 4.79 Å². The molecule has 7 heteroatoms. The molecule has 0 saturated carbocycles. The Morgan fingerprint density at radius 1 is 1.08 bits per heavy atom. The molecule has 0 atom stereocenters. The molecule has 0 radical (unpaired) electrons. The summed E-state index contributed by atoms with van der Waals surface area (Å²) in [4.78, 5) is 24.0. The summed E-state index contributed by atoms with van der Waals surface area (Å²) in [6, 6.07) is 14.0. The molecular weight excluding hydrogens is 376 g/mol. The first-order valence-corrected chi connectivity index (χ1v) is 9.05. The molecule has 5 nitrogen and oxygen atoms in total. The molecule has 134 valence electrons. The SMILES string of the molecule is CCOC(=O)Oc1sc2ccccc2c1OCC(=O)c1ccc(Cl)cc1. The van der Waals surface area contributed by atoms with Crippen molar-refractivity contribution < 1.29 is 23.8 Å². The van der Waals surface area contributed by atoms with Gasteiger partial charge in [-0.05, 0) is 43.3 Å². The molecule has 1 aromatic heterocycles. The number of halogens is 1. The summed E-state index contributed by atoms with van der Waals surface area (Å²) in [5, 5.41) is 1.57. The fourth-order valence-electron chi connectivity index (χ4n) is 2.28. The minimum absolute atomic E-state index is 0.193. The highest BCUT2D eigenvalue weighted by Crippen LogP contribution is 2.44. The summed E-state index contributed by atoms with van der Waals surface area (Å²) in [6.07, 6.45) is -0.812. The molecule has 0 saturated heterocycles. The third-order valence-electron chi connectivity index (χ3n) is 3.47. The lowest BCUT2D eigenvalue weighted by atomic mass is 10.1. The van der Waals surface area contributed by atoms with Gasteiger partial charge in [-0.3, -0.25) is 4.79 Å². The van der Waals surface area contributed by atoms with Crippen LogP contribution in [0.4, 0.5) is 4.79 Å². The highest BCUT2D eigenvalue weighted by molar-refractivity contribution is 7.21. The molecule has 0 N–H and O–H groups in total. The zero-order chi connectivity index (χ0) is 18.5. The fraction of sp³-hybridized carbons (Fsp3) is 0.158. The van der Waals surface area contributed by atoms with E-state index in [1.807, 2.05) is 24.3 Å². The van der Waals surface area contributed by atoms with Gasteiger partial charge in [-0.15, -0.1) is 0 Å². The Balaban J connectivity index is 1.82. The topological polar surface area (TPSA) is 61.8 Å². The molecular formula is C19H15ClO5S. The summed E-state index contributed by atoms with van der Waals surface area (Å²) >= 11 is 7.08. The van der Waals surface area contributed by atoms with Crippen LogP contribution in [0, 0.1) is 0 Å². The van der Waals surface area contributed by atoms with Gasteiger partial charge in [0.2, 0.25) is 5.06 Å². The average Bonchev–Trinajstić information content (AvgIpc) is 2.97. The molecule has 3 aromatic rings. The van der Waals surface area contributed by atoms with Crippen molar-refractivity contribution in [2.75, 3.05) is 13.2 Å². The molecule has 0 aliphatic rings. The smallest absolute Gasteiger partial charge is 0.480 e. The van der Waals surface area contributed by atoms with Gasteiger partial charge in [0.25, 0.3) is 0 Å². The van der Waals surface area contributed by atoms with Crippen LogP contribution in [0.25, 0.3) is 10.1 Å². The minimum Gasteiger partial charge on any atom is -0.480 e. The number of benzene rings is 2. The predicted molar refractivity (Wildman–Crippen MR) is 101 cm³/mol. The number of hydrogen-bond acceptors (Lipinski definition) is 6. The maximum absolute atomic E-state index is 12.3. The molecule has 3 rings (SSSR count). The van der Waals surface area contributed by atoms with Gasteiger partial charge in [-0.2, -0.15) is 0 Å². The van der Waals surface area contributed by atoms with Gasteiger partial charge in [-0.1, -0.05) is 35.1 Å². The van der Waals surface area contributed by atoms with Crippen LogP contribution in [-0.2, 0) is 4.74 Å². The monoisotopic (exact) mass is 390 g/mol. The van der Waals surface area contributed by atoms with Crippen molar-refractivity contribution in [1.29, 1.82) is 0 Å². The Kier molecular flexibility index (Phi) is 5.75. The Morgan fingerprint density at radius 2 is 1.81 bits per heavy atom. The molecule has 0 bridgehead atoms. The number of ether oxygens (including phenoxy) is 3. The molecule has 0 fully saturated rings. The van der Waals surface area contributed by atoms with Gasteiger partial charge in [0.05, 0.1) is 6.61 Å². The van der Waals surface area contributed by atoms with Crippen LogP contribution in [0.5, 0.6) is 10.8 Å². The lowest BCUT2D eigenvalue weighted by Gasteiger charge is -2.08. The molecule has 0 aliphatic carbocycles. The van der Waals surface area contributed by atoms with Crippen LogP contribution in [-0.4, -0.2) is 25.2 Å². The van der Waals surface area contributed by atoms with Gasteiger partial charge in [0.15, 0.2) is 18.1 Å². The lowest BCUT2D eigenvalue weighted by molar-refractivity contribution is 0.0916. The Hall–Kier alpha value is -2.57. The molecule has 0 amide bonds. The van der Waals surface area contributed by atoms with E-state index >= 15 is 0 Å². The predicted octanol–water partition coefficient (Wildman–Crippen LogP) is 5.35. The first-order chi connectivity index (χ1) is 12.6. The number of hydrogen-bond donors (Lipinski definition) is 0. The van der Waals surface area contributed by atoms with Gasteiger partial charge < -0.3 is 14.2 Å². The first kappa shape index (κ1) is 18.2. The van der Waals surface area contributed by atoms with Crippen molar-refractivity contribution in [3.05, 3.63) is 59.1 Å².